The monoisotopic (exact) mass is 352 g/mol. The Bertz CT molecular complexity index is 1180. The Kier molecular flexibility index (Phi) is 3.86. The minimum absolute atomic E-state index is 0.693. The van der Waals surface area contributed by atoms with Crippen molar-refractivity contribution in [2.75, 3.05) is 0 Å². The first kappa shape index (κ1) is 16.5. The second-order valence-corrected chi connectivity index (χ2v) is 12.7. The number of pyridine rings is 1. The normalized spacial score (nSPS) is 11.6. The van der Waals surface area contributed by atoms with E-state index in [4.69, 9.17) is 4.98 Å². The fourth-order valence-corrected chi connectivity index (χ4v) is 5.04. The minimum Gasteiger partial charge on any atom is -0.256 e. The van der Waals surface area contributed by atoms with Gasteiger partial charge in [-0.1, -0.05) is 68.2 Å². The first-order valence-corrected chi connectivity index (χ1v) is 12.3. The number of hydrogen-bond acceptors (Lipinski definition) is 2. The van der Waals surface area contributed by atoms with E-state index in [0.29, 0.717) is 5.56 Å². The molecule has 0 fully saturated rings. The van der Waals surface area contributed by atoms with E-state index in [-0.39, 0.29) is 0 Å². The van der Waals surface area contributed by atoms with Gasteiger partial charge in [-0.05, 0) is 33.5 Å². The van der Waals surface area contributed by atoms with Crippen molar-refractivity contribution < 1.29 is 0 Å². The molecule has 0 aliphatic carbocycles. The molecule has 0 spiro atoms. The number of nitriles is 1. The summed E-state index contributed by atoms with van der Waals surface area (Å²) < 4.78 is 0. The van der Waals surface area contributed by atoms with Gasteiger partial charge in [0.1, 0.15) is 0 Å². The van der Waals surface area contributed by atoms with Crippen LogP contribution in [0.5, 0.6) is 0 Å². The van der Waals surface area contributed by atoms with E-state index in [1.807, 2.05) is 30.5 Å². The zero-order valence-electron chi connectivity index (χ0n) is 15.2. The summed E-state index contributed by atoms with van der Waals surface area (Å²) in [5.41, 5.74) is 2.64. The molecule has 4 rings (SSSR count). The fourth-order valence-electron chi connectivity index (χ4n) is 3.56. The molecular formula is C23H20N2Si. The zero-order chi connectivity index (χ0) is 18.3. The molecule has 0 aliphatic rings. The van der Waals surface area contributed by atoms with Gasteiger partial charge in [0.15, 0.2) is 0 Å². The summed E-state index contributed by atoms with van der Waals surface area (Å²) >= 11 is 0. The molecule has 0 saturated carbocycles. The van der Waals surface area contributed by atoms with Crippen molar-refractivity contribution in [2.24, 2.45) is 0 Å². The van der Waals surface area contributed by atoms with Gasteiger partial charge in [-0.25, -0.2) is 0 Å². The molecule has 126 valence electrons. The molecule has 0 N–H and O–H groups in total. The van der Waals surface area contributed by atoms with Crippen LogP contribution in [0.4, 0.5) is 0 Å². The maximum Gasteiger partial charge on any atom is 0.0998 e. The van der Waals surface area contributed by atoms with Crippen LogP contribution in [-0.4, -0.2) is 13.1 Å². The largest absolute Gasteiger partial charge is 0.256 e. The average Bonchev–Trinajstić information content (AvgIpc) is 2.65. The summed E-state index contributed by atoms with van der Waals surface area (Å²) in [5.74, 6) is 0. The minimum atomic E-state index is -1.50. The highest BCUT2D eigenvalue weighted by atomic mass is 28.3. The standard InChI is InChI=1S/C23H20N2Si/c1-26(2,3)22-15-25-23(21-11-7-6-10-20(21)22)17-12-16-8-4-5-9-19(16)18(13-17)14-24/h4-13,15H,1-3H3. The highest BCUT2D eigenvalue weighted by molar-refractivity contribution is 6.90. The van der Waals surface area contributed by atoms with E-state index in [1.54, 1.807) is 0 Å². The molecule has 2 nitrogen and oxygen atoms in total. The molecule has 3 heteroatoms. The summed E-state index contributed by atoms with van der Waals surface area (Å²) in [6, 6.07) is 23.0. The molecular weight excluding hydrogens is 332 g/mol. The van der Waals surface area contributed by atoms with Gasteiger partial charge < -0.3 is 0 Å². The Labute approximate surface area is 154 Å². The van der Waals surface area contributed by atoms with Crippen LogP contribution in [0.2, 0.25) is 19.6 Å². The predicted molar refractivity (Wildman–Crippen MR) is 112 cm³/mol. The van der Waals surface area contributed by atoms with E-state index in [9.17, 15) is 5.26 Å². The van der Waals surface area contributed by atoms with E-state index in [1.165, 1.54) is 10.6 Å². The molecule has 0 atom stereocenters. The maximum absolute atomic E-state index is 9.61. The van der Waals surface area contributed by atoms with Gasteiger partial charge >= 0.3 is 0 Å². The molecule has 0 bridgehead atoms. The van der Waals surface area contributed by atoms with Gasteiger partial charge in [-0.15, -0.1) is 0 Å². The van der Waals surface area contributed by atoms with Crippen LogP contribution in [-0.2, 0) is 0 Å². The van der Waals surface area contributed by atoms with Crippen molar-refractivity contribution in [3.05, 3.63) is 72.4 Å². The number of nitrogens with zero attached hydrogens (tertiary/aromatic N) is 2. The molecule has 1 heterocycles. The molecule has 3 aromatic carbocycles. The number of aromatic nitrogens is 1. The van der Waals surface area contributed by atoms with Crippen molar-refractivity contribution in [3.63, 3.8) is 0 Å². The number of fused-ring (bicyclic) bond motifs is 2. The fraction of sp³-hybridized carbons (Fsp3) is 0.130. The lowest BCUT2D eigenvalue weighted by atomic mass is 9.97. The Morgan fingerprint density at radius 1 is 0.846 bits per heavy atom. The lowest BCUT2D eigenvalue weighted by Gasteiger charge is -2.20. The Morgan fingerprint density at radius 2 is 1.50 bits per heavy atom. The summed E-state index contributed by atoms with van der Waals surface area (Å²) in [6.45, 7) is 7.04. The lowest BCUT2D eigenvalue weighted by molar-refractivity contribution is 1.37. The molecule has 0 saturated heterocycles. The quantitative estimate of drug-likeness (QED) is 0.448. The average molecular weight is 353 g/mol. The van der Waals surface area contributed by atoms with Crippen molar-refractivity contribution >= 4 is 34.8 Å². The molecule has 0 aliphatic heterocycles. The number of rotatable bonds is 2. The summed E-state index contributed by atoms with van der Waals surface area (Å²) in [5, 5.41) is 15.5. The summed E-state index contributed by atoms with van der Waals surface area (Å²) in [4.78, 5) is 4.85. The second kappa shape index (κ2) is 6.08. The van der Waals surface area contributed by atoms with Gasteiger partial charge in [-0.3, -0.25) is 4.98 Å². The SMILES string of the molecule is C[Si](C)(C)c1cnc(-c2cc(C#N)c3ccccc3c2)c2ccccc12. The van der Waals surface area contributed by atoms with Gasteiger partial charge in [0, 0.05) is 17.1 Å². The van der Waals surface area contributed by atoms with E-state index >= 15 is 0 Å². The van der Waals surface area contributed by atoms with Gasteiger partial charge in [0.25, 0.3) is 0 Å². The van der Waals surface area contributed by atoms with E-state index in [2.05, 4.69) is 62.1 Å². The van der Waals surface area contributed by atoms with Crippen LogP contribution in [0.1, 0.15) is 5.56 Å². The van der Waals surface area contributed by atoms with Crippen molar-refractivity contribution in [1.82, 2.24) is 4.98 Å². The Hall–Kier alpha value is -2.96. The predicted octanol–water partition coefficient (Wildman–Crippen LogP) is 5.47. The Morgan fingerprint density at radius 3 is 2.19 bits per heavy atom. The van der Waals surface area contributed by atoms with Crippen LogP contribution in [0.3, 0.4) is 0 Å². The Balaban J connectivity index is 2.05. The van der Waals surface area contributed by atoms with Gasteiger partial charge in [-0.2, -0.15) is 5.26 Å². The van der Waals surface area contributed by atoms with Crippen LogP contribution in [0, 0.1) is 11.3 Å². The molecule has 1 aromatic heterocycles. The van der Waals surface area contributed by atoms with Gasteiger partial charge in [0.05, 0.1) is 25.4 Å². The van der Waals surface area contributed by atoms with E-state index in [0.717, 1.165) is 27.4 Å². The molecule has 0 unspecified atom stereocenters. The number of hydrogen-bond donors (Lipinski definition) is 0. The highest BCUT2D eigenvalue weighted by Crippen LogP contribution is 2.31. The molecule has 4 aromatic rings. The van der Waals surface area contributed by atoms with Crippen molar-refractivity contribution in [1.29, 1.82) is 5.26 Å². The lowest BCUT2D eigenvalue weighted by Crippen LogP contribution is -2.38. The second-order valence-electron chi connectivity index (χ2n) is 7.67. The molecule has 0 amide bonds. The maximum atomic E-state index is 9.61. The van der Waals surface area contributed by atoms with Crippen molar-refractivity contribution in [2.45, 2.75) is 19.6 Å². The smallest absolute Gasteiger partial charge is 0.0998 e. The molecule has 0 radical (unpaired) electrons. The third-order valence-corrected chi connectivity index (χ3v) is 6.87. The van der Waals surface area contributed by atoms with Crippen molar-refractivity contribution in [3.8, 4) is 17.3 Å². The van der Waals surface area contributed by atoms with Crippen LogP contribution >= 0.6 is 0 Å². The van der Waals surface area contributed by atoms with Crippen LogP contribution in [0.15, 0.2) is 66.9 Å². The summed E-state index contributed by atoms with van der Waals surface area (Å²) in [6.07, 6.45) is 2.05. The molecule has 26 heavy (non-hydrogen) atoms. The van der Waals surface area contributed by atoms with E-state index < -0.39 is 8.07 Å². The zero-order valence-corrected chi connectivity index (χ0v) is 16.2. The third-order valence-electron chi connectivity index (χ3n) is 4.86. The highest BCUT2D eigenvalue weighted by Gasteiger charge is 2.21. The summed E-state index contributed by atoms with van der Waals surface area (Å²) in [7, 11) is -1.50. The number of benzene rings is 3. The van der Waals surface area contributed by atoms with Crippen LogP contribution < -0.4 is 5.19 Å². The third kappa shape index (κ3) is 2.69. The van der Waals surface area contributed by atoms with Gasteiger partial charge in [0.2, 0.25) is 0 Å². The first-order chi connectivity index (χ1) is 12.5. The first-order valence-electron chi connectivity index (χ1n) is 8.80. The van der Waals surface area contributed by atoms with Crippen LogP contribution in [0.25, 0.3) is 32.8 Å². The topological polar surface area (TPSA) is 36.7 Å².